The maximum Gasteiger partial charge on any atom is 0.255 e. The van der Waals surface area contributed by atoms with Crippen molar-refractivity contribution in [2.75, 3.05) is 18.5 Å². The van der Waals surface area contributed by atoms with Crippen molar-refractivity contribution in [2.45, 2.75) is 23.8 Å². The van der Waals surface area contributed by atoms with Crippen molar-refractivity contribution in [1.29, 1.82) is 0 Å². The number of halogens is 3. The molecule has 10 heteroatoms. The fourth-order valence-corrected chi connectivity index (χ4v) is 4.30. The summed E-state index contributed by atoms with van der Waals surface area (Å²) in [5.41, 5.74) is 0.0198. The molecule has 0 spiro atoms. The van der Waals surface area contributed by atoms with E-state index in [1.807, 2.05) is 0 Å². The summed E-state index contributed by atoms with van der Waals surface area (Å²) >= 11 is 6.01. The molecule has 0 radical (unpaired) electrons. The Morgan fingerprint density at radius 1 is 1.18 bits per heavy atom. The van der Waals surface area contributed by atoms with Crippen LogP contribution in [-0.2, 0) is 14.8 Å². The Balaban J connectivity index is 1.77. The second-order valence-electron chi connectivity index (χ2n) is 6.22. The topological polar surface area (TPSA) is 84.5 Å². The van der Waals surface area contributed by atoms with Gasteiger partial charge in [0.1, 0.15) is 4.90 Å². The molecule has 28 heavy (non-hydrogen) atoms. The number of hydrogen-bond donors (Lipinski definition) is 2. The average Bonchev–Trinajstić information content (AvgIpc) is 3.17. The molecule has 1 amide bonds. The quantitative estimate of drug-likeness (QED) is 0.736. The third-order valence-corrected chi connectivity index (χ3v) is 6.09. The predicted octanol–water partition coefficient (Wildman–Crippen LogP) is 3.33. The van der Waals surface area contributed by atoms with Crippen LogP contribution in [0.1, 0.15) is 23.2 Å². The molecule has 6 nitrogen and oxygen atoms in total. The van der Waals surface area contributed by atoms with E-state index < -0.39 is 27.6 Å². The molecule has 150 valence electrons. The highest BCUT2D eigenvalue weighted by Gasteiger charge is 2.23. The van der Waals surface area contributed by atoms with E-state index in [1.54, 1.807) is 0 Å². The van der Waals surface area contributed by atoms with Crippen LogP contribution in [0.5, 0.6) is 0 Å². The van der Waals surface area contributed by atoms with E-state index in [4.69, 9.17) is 16.3 Å². The van der Waals surface area contributed by atoms with Gasteiger partial charge in [0.25, 0.3) is 5.91 Å². The van der Waals surface area contributed by atoms with Gasteiger partial charge < -0.3 is 10.1 Å². The second kappa shape index (κ2) is 8.52. The van der Waals surface area contributed by atoms with Crippen LogP contribution in [0.25, 0.3) is 0 Å². The van der Waals surface area contributed by atoms with Gasteiger partial charge in [-0.15, -0.1) is 0 Å². The SMILES string of the molecule is O=C(Nc1ccc(F)c(F)c1)c1ccc(Cl)c(S(=O)(=O)NCC2CCCO2)c1. The lowest BCUT2D eigenvalue weighted by atomic mass is 10.2. The molecule has 1 saturated heterocycles. The lowest BCUT2D eigenvalue weighted by molar-refractivity contribution is 0.102. The molecule has 0 saturated carbocycles. The van der Waals surface area contributed by atoms with Gasteiger partial charge in [0.15, 0.2) is 11.6 Å². The predicted molar refractivity (Wildman–Crippen MR) is 99.9 cm³/mol. The molecule has 1 atom stereocenters. The largest absolute Gasteiger partial charge is 0.377 e. The summed E-state index contributed by atoms with van der Waals surface area (Å²) in [4.78, 5) is 12.1. The number of carbonyl (C=O) groups is 1. The highest BCUT2D eigenvalue weighted by molar-refractivity contribution is 7.89. The van der Waals surface area contributed by atoms with Gasteiger partial charge in [0.2, 0.25) is 10.0 Å². The molecular weight excluding hydrogens is 414 g/mol. The molecule has 1 aliphatic rings. The molecule has 2 aromatic carbocycles. The third-order valence-electron chi connectivity index (χ3n) is 4.19. The minimum Gasteiger partial charge on any atom is -0.377 e. The van der Waals surface area contributed by atoms with Crippen LogP contribution in [0, 0.1) is 11.6 Å². The van der Waals surface area contributed by atoms with Gasteiger partial charge in [-0.2, -0.15) is 0 Å². The van der Waals surface area contributed by atoms with Gasteiger partial charge >= 0.3 is 0 Å². The molecule has 2 N–H and O–H groups in total. The summed E-state index contributed by atoms with van der Waals surface area (Å²) in [7, 11) is -3.97. The highest BCUT2D eigenvalue weighted by atomic mass is 35.5. The zero-order chi connectivity index (χ0) is 20.3. The van der Waals surface area contributed by atoms with Crippen molar-refractivity contribution in [3.8, 4) is 0 Å². The van der Waals surface area contributed by atoms with Crippen LogP contribution in [-0.4, -0.2) is 33.6 Å². The van der Waals surface area contributed by atoms with Crippen molar-refractivity contribution in [2.24, 2.45) is 0 Å². The van der Waals surface area contributed by atoms with E-state index in [-0.39, 0.29) is 33.8 Å². The molecule has 1 fully saturated rings. The Morgan fingerprint density at radius 2 is 1.96 bits per heavy atom. The lowest BCUT2D eigenvalue weighted by Gasteiger charge is -2.13. The van der Waals surface area contributed by atoms with Gasteiger partial charge in [-0.05, 0) is 43.2 Å². The molecule has 3 rings (SSSR count). The number of ether oxygens (including phenoxy) is 1. The van der Waals surface area contributed by atoms with Crippen molar-refractivity contribution in [3.05, 3.63) is 58.6 Å². The monoisotopic (exact) mass is 430 g/mol. The summed E-state index contributed by atoms with van der Waals surface area (Å²) in [6.07, 6.45) is 1.42. The number of rotatable bonds is 6. The zero-order valence-electron chi connectivity index (χ0n) is 14.5. The maximum atomic E-state index is 13.3. The zero-order valence-corrected chi connectivity index (χ0v) is 16.1. The van der Waals surface area contributed by atoms with Crippen LogP contribution < -0.4 is 10.0 Å². The molecule has 1 unspecified atom stereocenters. The fraction of sp³-hybridized carbons (Fsp3) is 0.278. The van der Waals surface area contributed by atoms with Crippen molar-refractivity contribution in [3.63, 3.8) is 0 Å². The number of hydrogen-bond acceptors (Lipinski definition) is 4. The Morgan fingerprint density at radius 3 is 2.64 bits per heavy atom. The van der Waals surface area contributed by atoms with Gasteiger partial charge in [0.05, 0.1) is 11.1 Å². The lowest BCUT2D eigenvalue weighted by Crippen LogP contribution is -2.32. The minimum absolute atomic E-state index is 0.00776. The van der Waals surface area contributed by atoms with Gasteiger partial charge in [-0.1, -0.05) is 11.6 Å². The van der Waals surface area contributed by atoms with Gasteiger partial charge in [-0.25, -0.2) is 21.9 Å². The van der Waals surface area contributed by atoms with Gasteiger partial charge in [-0.3, -0.25) is 4.79 Å². The third kappa shape index (κ3) is 4.85. The Labute approximate surface area is 165 Å². The first-order valence-corrected chi connectivity index (χ1v) is 10.3. The van der Waals surface area contributed by atoms with E-state index in [2.05, 4.69) is 10.0 Å². The van der Waals surface area contributed by atoms with E-state index in [9.17, 15) is 22.0 Å². The summed E-state index contributed by atoms with van der Waals surface area (Å²) in [6, 6.07) is 6.61. The Bertz CT molecular complexity index is 995. The first-order valence-electron chi connectivity index (χ1n) is 8.43. The van der Waals surface area contributed by atoms with Gasteiger partial charge in [0, 0.05) is 30.5 Å². The molecule has 2 aromatic rings. The number of amides is 1. The summed E-state index contributed by atoms with van der Waals surface area (Å²) in [6.45, 7) is 0.691. The first kappa shape index (κ1) is 20.7. The normalized spacial score (nSPS) is 16.9. The van der Waals surface area contributed by atoms with Crippen LogP contribution in [0.4, 0.5) is 14.5 Å². The Kier molecular flexibility index (Phi) is 6.29. The van der Waals surface area contributed by atoms with E-state index >= 15 is 0 Å². The Hall–Kier alpha value is -2.07. The van der Waals surface area contributed by atoms with Crippen molar-refractivity contribution >= 4 is 33.2 Å². The number of benzene rings is 2. The maximum absolute atomic E-state index is 13.3. The number of carbonyl (C=O) groups excluding carboxylic acids is 1. The number of sulfonamides is 1. The summed E-state index contributed by atoms with van der Waals surface area (Å²) < 4.78 is 59.2. The highest BCUT2D eigenvalue weighted by Crippen LogP contribution is 2.24. The molecule has 1 aliphatic heterocycles. The summed E-state index contributed by atoms with van der Waals surface area (Å²) in [5.74, 6) is -2.86. The van der Waals surface area contributed by atoms with Crippen LogP contribution in [0.3, 0.4) is 0 Å². The summed E-state index contributed by atoms with van der Waals surface area (Å²) in [5, 5.41) is 2.33. The average molecular weight is 431 g/mol. The van der Waals surface area contributed by atoms with Crippen LogP contribution in [0.15, 0.2) is 41.3 Å². The molecule has 1 heterocycles. The van der Waals surface area contributed by atoms with E-state index in [0.29, 0.717) is 6.61 Å². The molecular formula is C18H17ClF2N2O4S. The van der Waals surface area contributed by atoms with Crippen LogP contribution >= 0.6 is 11.6 Å². The van der Waals surface area contributed by atoms with E-state index in [0.717, 1.165) is 31.0 Å². The molecule has 0 aliphatic carbocycles. The number of anilines is 1. The van der Waals surface area contributed by atoms with Crippen molar-refractivity contribution in [1.82, 2.24) is 4.72 Å². The first-order chi connectivity index (χ1) is 13.3. The molecule has 0 aromatic heterocycles. The molecule has 0 bridgehead atoms. The second-order valence-corrected chi connectivity index (χ2v) is 8.36. The minimum atomic E-state index is -3.97. The smallest absolute Gasteiger partial charge is 0.255 e. The fourth-order valence-electron chi connectivity index (χ4n) is 2.71. The standard InChI is InChI=1S/C18H17ClF2N2O4S/c19-14-5-3-11(18(24)23-12-4-6-15(20)16(21)9-12)8-17(14)28(25,26)22-10-13-2-1-7-27-13/h3-6,8-9,13,22H,1-2,7,10H2,(H,23,24). The van der Waals surface area contributed by atoms with Crippen molar-refractivity contribution < 1.29 is 26.7 Å². The van der Waals surface area contributed by atoms with E-state index in [1.165, 1.54) is 18.2 Å². The number of nitrogens with one attached hydrogen (secondary N) is 2. The van der Waals surface area contributed by atoms with Crippen LogP contribution in [0.2, 0.25) is 5.02 Å².